The zero-order valence-corrected chi connectivity index (χ0v) is 11.6. The van der Waals surface area contributed by atoms with Gasteiger partial charge in [0, 0.05) is 11.6 Å². The minimum Gasteiger partial charge on any atom is -0.397 e. The van der Waals surface area contributed by atoms with E-state index in [1.807, 2.05) is 12.3 Å². The highest BCUT2D eigenvalue weighted by molar-refractivity contribution is 7.09. The van der Waals surface area contributed by atoms with Crippen LogP contribution in [0.1, 0.15) is 30.0 Å². The van der Waals surface area contributed by atoms with E-state index in [1.54, 1.807) is 6.20 Å². The molecule has 2 rings (SSSR count). The molecular formula is C13H14F3N3S. The smallest absolute Gasteiger partial charge is 0.397 e. The summed E-state index contributed by atoms with van der Waals surface area (Å²) in [5.74, 6) is 0. The lowest BCUT2D eigenvalue weighted by Crippen LogP contribution is -2.12. The van der Waals surface area contributed by atoms with Gasteiger partial charge >= 0.3 is 6.18 Å². The third kappa shape index (κ3) is 3.22. The molecule has 0 fully saturated rings. The van der Waals surface area contributed by atoms with E-state index in [0.29, 0.717) is 5.69 Å². The topological polar surface area (TPSA) is 50.9 Å². The summed E-state index contributed by atoms with van der Waals surface area (Å²) in [6, 6.07) is 3.26. The summed E-state index contributed by atoms with van der Waals surface area (Å²) in [6.07, 6.45) is -1.93. The van der Waals surface area contributed by atoms with Crippen LogP contribution in [0.4, 0.5) is 24.5 Å². The first kappa shape index (κ1) is 14.6. The number of nitrogens with two attached hydrogens (primary N) is 1. The molecule has 0 spiro atoms. The number of rotatable bonds is 4. The minimum absolute atomic E-state index is 0.0611. The average molecular weight is 301 g/mol. The quantitative estimate of drug-likeness (QED) is 0.827. The first-order valence-electron chi connectivity index (χ1n) is 6.04. The molecule has 1 unspecified atom stereocenters. The highest BCUT2D eigenvalue weighted by Gasteiger charge is 2.30. The maximum Gasteiger partial charge on any atom is 0.416 e. The number of halogens is 3. The number of thiazole rings is 1. The third-order valence-corrected chi connectivity index (χ3v) is 3.76. The Morgan fingerprint density at radius 2 is 2.15 bits per heavy atom. The monoisotopic (exact) mass is 301 g/mol. The van der Waals surface area contributed by atoms with Crippen LogP contribution in [0.3, 0.4) is 0 Å². The van der Waals surface area contributed by atoms with Crippen LogP contribution in [-0.2, 0) is 6.18 Å². The number of hydrogen-bond donors (Lipinski definition) is 2. The molecule has 2 aromatic rings. The molecule has 3 N–H and O–H groups in total. The van der Waals surface area contributed by atoms with Gasteiger partial charge in [0.05, 0.1) is 23.0 Å². The van der Waals surface area contributed by atoms with E-state index in [2.05, 4.69) is 10.3 Å². The van der Waals surface area contributed by atoms with E-state index in [1.165, 1.54) is 17.4 Å². The van der Waals surface area contributed by atoms with Crippen molar-refractivity contribution in [1.82, 2.24) is 4.98 Å². The molecule has 0 aliphatic rings. The standard InChI is InChI=1S/C13H14F3N3S/c1-2-10(12-18-5-6-20-12)19-11-4-3-8(7-9(11)17)13(14,15)16/h3-7,10,19H,2,17H2,1H3. The number of anilines is 2. The van der Waals surface area contributed by atoms with E-state index in [-0.39, 0.29) is 11.7 Å². The first-order chi connectivity index (χ1) is 9.41. The van der Waals surface area contributed by atoms with Crippen molar-refractivity contribution < 1.29 is 13.2 Å². The number of benzene rings is 1. The summed E-state index contributed by atoms with van der Waals surface area (Å²) >= 11 is 1.49. The van der Waals surface area contributed by atoms with Crippen LogP contribution >= 0.6 is 11.3 Å². The molecule has 0 aliphatic carbocycles. The Morgan fingerprint density at radius 3 is 2.65 bits per heavy atom. The molecule has 7 heteroatoms. The molecule has 1 aromatic heterocycles. The Bertz CT molecular complexity index is 567. The van der Waals surface area contributed by atoms with Crippen LogP contribution < -0.4 is 11.1 Å². The Hall–Kier alpha value is -1.76. The SMILES string of the molecule is CCC(Nc1ccc(C(F)(F)F)cc1N)c1nccs1. The molecular weight excluding hydrogens is 287 g/mol. The fraction of sp³-hybridized carbons (Fsp3) is 0.308. The van der Waals surface area contributed by atoms with Gasteiger partial charge in [0.15, 0.2) is 0 Å². The van der Waals surface area contributed by atoms with Crippen molar-refractivity contribution in [3.8, 4) is 0 Å². The molecule has 0 saturated heterocycles. The second-order valence-electron chi connectivity index (χ2n) is 4.28. The lowest BCUT2D eigenvalue weighted by atomic mass is 10.1. The molecule has 3 nitrogen and oxygen atoms in total. The van der Waals surface area contributed by atoms with Crippen molar-refractivity contribution in [2.45, 2.75) is 25.6 Å². The molecule has 20 heavy (non-hydrogen) atoms. The predicted octanol–water partition coefficient (Wildman–Crippen LogP) is 4.31. The fourth-order valence-corrected chi connectivity index (χ4v) is 2.58. The van der Waals surface area contributed by atoms with Crippen molar-refractivity contribution in [1.29, 1.82) is 0 Å². The van der Waals surface area contributed by atoms with Gasteiger partial charge in [-0.05, 0) is 24.6 Å². The number of nitrogen functional groups attached to an aromatic ring is 1. The first-order valence-corrected chi connectivity index (χ1v) is 6.92. The van der Waals surface area contributed by atoms with Crippen molar-refractivity contribution in [3.05, 3.63) is 40.3 Å². The minimum atomic E-state index is -4.38. The summed E-state index contributed by atoms with van der Waals surface area (Å²) in [5.41, 5.74) is 5.51. The number of hydrogen-bond acceptors (Lipinski definition) is 4. The maximum absolute atomic E-state index is 12.6. The van der Waals surface area contributed by atoms with Crippen LogP contribution in [0.2, 0.25) is 0 Å². The molecule has 1 aromatic carbocycles. The van der Waals surface area contributed by atoms with Crippen LogP contribution in [0.25, 0.3) is 0 Å². The largest absolute Gasteiger partial charge is 0.416 e. The fourth-order valence-electron chi connectivity index (χ4n) is 1.80. The molecule has 0 bridgehead atoms. The zero-order chi connectivity index (χ0) is 14.8. The van der Waals surface area contributed by atoms with Crippen molar-refractivity contribution >= 4 is 22.7 Å². The Balaban J connectivity index is 2.21. The Morgan fingerprint density at radius 1 is 1.40 bits per heavy atom. The summed E-state index contributed by atoms with van der Waals surface area (Å²) in [6.45, 7) is 1.97. The summed E-state index contributed by atoms with van der Waals surface area (Å²) in [4.78, 5) is 4.21. The molecule has 0 amide bonds. The van der Waals surface area contributed by atoms with Crippen LogP contribution in [0, 0.1) is 0 Å². The van der Waals surface area contributed by atoms with E-state index >= 15 is 0 Å². The van der Waals surface area contributed by atoms with Crippen LogP contribution in [0.15, 0.2) is 29.8 Å². The number of aromatic nitrogens is 1. The van der Waals surface area contributed by atoms with E-state index < -0.39 is 11.7 Å². The summed E-state index contributed by atoms with van der Waals surface area (Å²) in [5, 5.41) is 5.87. The highest BCUT2D eigenvalue weighted by Crippen LogP contribution is 2.34. The van der Waals surface area contributed by atoms with E-state index in [0.717, 1.165) is 23.6 Å². The zero-order valence-electron chi connectivity index (χ0n) is 10.7. The maximum atomic E-state index is 12.6. The van der Waals surface area contributed by atoms with Gasteiger partial charge in [0.25, 0.3) is 0 Å². The lowest BCUT2D eigenvalue weighted by Gasteiger charge is -2.18. The van der Waals surface area contributed by atoms with Gasteiger partial charge in [-0.2, -0.15) is 13.2 Å². The van der Waals surface area contributed by atoms with E-state index in [9.17, 15) is 13.2 Å². The van der Waals surface area contributed by atoms with Gasteiger partial charge in [-0.15, -0.1) is 11.3 Å². The van der Waals surface area contributed by atoms with Crippen molar-refractivity contribution in [3.63, 3.8) is 0 Å². The van der Waals surface area contributed by atoms with Crippen LogP contribution in [-0.4, -0.2) is 4.98 Å². The number of nitrogens with zero attached hydrogens (tertiary/aromatic N) is 1. The van der Waals surface area contributed by atoms with Gasteiger partial charge in [0.1, 0.15) is 5.01 Å². The van der Waals surface area contributed by atoms with Crippen molar-refractivity contribution in [2.24, 2.45) is 0 Å². The summed E-state index contributed by atoms with van der Waals surface area (Å²) < 4.78 is 37.7. The van der Waals surface area contributed by atoms with Gasteiger partial charge in [0.2, 0.25) is 0 Å². The van der Waals surface area contributed by atoms with Gasteiger partial charge in [-0.1, -0.05) is 6.92 Å². The van der Waals surface area contributed by atoms with Gasteiger partial charge in [-0.25, -0.2) is 4.98 Å². The third-order valence-electron chi connectivity index (χ3n) is 2.87. The highest BCUT2D eigenvalue weighted by atomic mass is 32.1. The number of nitrogens with one attached hydrogen (secondary N) is 1. The Labute approximate surface area is 118 Å². The summed E-state index contributed by atoms with van der Waals surface area (Å²) in [7, 11) is 0. The molecule has 0 aliphatic heterocycles. The molecule has 1 heterocycles. The second kappa shape index (κ2) is 5.70. The van der Waals surface area contributed by atoms with Gasteiger partial charge in [-0.3, -0.25) is 0 Å². The lowest BCUT2D eigenvalue weighted by molar-refractivity contribution is -0.137. The molecule has 108 valence electrons. The normalized spacial score (nSPS) is 13.2. The van der Waals surface area contributed by atoms with Crippen LogP contribution in [0.5, 0.6) is 0 Å². The average Bonchev–Trinajstić information content (AvgIpc) is 2.90. The predicted molar refractivity (Wildman–Crippen MR) is 74.6 cm³/mol. The second-order valence-corrected chi connectivity index (χ2v) is 5.20. The van der Waals surface area contributed by atoms with Crippen molar-refractivity contribution in [2.75, 3.05) is 11.1 Å². The van der Waals surface area contributed by atoms with Gasteiger partial charge < -0.3 is 11.1 Å². The Kier molecular flexibility index (Phi) is 4.17. The van der Waals surface area contributed by atoms with E-state index in [4.69, 9.17) is 5.73 Å². The number of alkyl halides is 3. The molecule has 1 atom stereocenters. The molecule has 0 radical (unpaired) electrons. The molecule has 0 saturated carbocycles.